The average Bonchev–Trinajstić information content (AvgIpc) is 2.86. The van der Waals surface area contributed by atoms with E-state index in [1.54, 1.807) is 0 Å². The number of carbonyl (C=O) groups excluding carboxylic acids is 2. The van der Waals surface area contributed by atoms with Gasteiger partial charge >= 0.3 is 0 Å². The van der Waals surface area contributed by atoms with E-state index >= 15 is 0 Å². The minimum atomic E-state index is -0.383. The molecule has 1 aliphatic heterocycles. The molecule has 3 atom stereocenters. The Hall–Kier alpha value is -3.08. The number of carbonyl (C=O) groups is 2. The molecule has 0 aromatic heterocycles. The average molecular weight is 442 g/mol. The van der Waals surface area contributed by atoms with Crippen molar-refractivity contribution in [2.75, 3.05) is 26.2 Å². The maximum absolute atomic E-state index is 13.8. The van der Waals surface area contributed by atoms with Crippen molar-refractivity contribution in [1.82, 2.24) is 4.90 Å². The molecule has 0 radical (unpaired) electrons. The summed E-state index contributed by atoms with van der Waals surface area (Å²) in [6.07, 6.45) is 0. The number of Topliss-reactive ketones (excluding diaryl/α,β-unsaturated/α-hetero) is 2. The summed E-state index contributed by atoms with van der Waals surface area (Å²) in [6.45, 7) is 5.62. The number of benzene rings is 3. The van der Waals surface area contributed by atoms with Crippen molar-refractivity contribution in [3.63, 3.8) is 0 Å². The molecule has 1 aliphatic rings. The molecular formula is C29H31NO3. The lowest BCUT2D eigenvalue weighted by Gasteiger charge is -2.43. The first kappa shape index (κ1) is 23.1. The van der Waals surface area contributed by atoms with E-state index in [4.69, 9.17) is 0 Å². The summed E-state index contributed by atoms with van der Waals surface area (Å²) in [4.78, 5) is 29.7. The van der Waals surface area contributed by atoms with Gasteiger partial charge in [0, 0.05) is 48.5 Å². The molecule has 4 nitrogen and oxygen atoms in total. The highest BCUT2D eigenvalue weighted by molar-refractivity contribution is 6.02. The smallest absolute Gasteiger partial charge is 0.167 e. The molecule has 0 aliphatic carbocycles. The molecule has 1 fully saturated rings. The Balaban J connectivity index is 1.85. The van der Waals surface area contributed by atoms with Crippen molar-refractivity contribution in [3.05, 3.63) is 107 Å². The molecule has 170 valence electrons. The van der Waals surface area contributed by atoms with Crippen molar-refractivity contribution in [1.29, 1.82) is 0 Å². The Kier molecular flexibility index (Phi) is 7.17. The summed E-state index contributed by atoms with van der Waals surface area (Å²) in [6, 6.07) is 24.9. The maximum Gasteiger partial charge on any atom is 0.167 e. The van der Waals surface area contributed by atoms with Crippen LogP contribution < -0.4 is 0 Å². The quantitative estimate of drug-likeness (QED) is 0.540. The van der Waals surface area contributed by atoms with Crippen LogP contribution in [0.2, 0.25) is 0 Å². The van der Waals surface area contributed by atoms with Crippen LogP contribution >= 0.6 is 0 Å². The van der Waals surface area contributed by atoms with Gasteiger partial charge in [-0.25, -0.2) is 0 Å². The van der Waals surface area contributed by atoms with Crippen LogP contribution in [-0.4, -0.2) is 47.8 Å². The van der Waals surface area contributed by atoms with E-state index in [0.717, 1.165) is 16.7 Å². The molecular weight excluding hydrogens is 410 g/mol. The second kappa shape index (κ2) is 10.2. The van der Waals surface area contributed by atoms with Gasteiger partial charge in [-0.15, -0.1) is 0 Å². The number of β-amino-alcohol motifs (C(OH)–C–C–N with tert-alkyl or cyclic N) is 1. The zero-order valence-electron chi connectivity index (χ0n) is 19.3. The summed E-state index contributed by atoms with van der Waals surface area (Å²) >= 11 is 0. The zero-order valence-corrected chi connectivity index (χ0v) is 19.3. The predicted octanol–water partition coefficient (Wildman–Crippen LogP) is 4.69. The van der Waals surface area contributed by atoms with Crippen LogP contribution in [-0.2, 0) is 0 Å². The third-order valence-corrected chi connectivity index (χ3v) is 6.99. The van der Waals surface area contributed by atoms with Crippen LogP contribution in [0.15, 0.2) is 78.9 Å². The second-order valence-corrected chi connectivity index (χ2v) is 8.97. The molecule has 1 heterocycles. The number of ketones is 2. The van der Waals surface area contributed by atoms with Gasteiger partial charge < -0.3 is 5.11 Å². The normalized spacial score (nSPS) is 21.0. The number of hydrogen-bond donors (Lipinski definition) is 1. The van der Waals surface area contributed by atoms with Gasteiger partial charge in [-0.05, 0) is 30.5 Å². The molecule has 4 heteroatoms. The third kappa shape index (κ3) is 4.82. The fourth-order valence-electron chi connectivity index (χ4n) is 5.16. The van der Waals surface area contributed by atoms with Crippen LogP contribution in [0.25, 0.3) is 0 Å². The first-order chi connectivity index (χ1) is 16.0. The lowest BCUT2D eigenvalue weighted by Crippen LogP contribution is -2.51. The van der Waals surface area contributed by atoms with E-state index in [2.05, 4.69) is 30.9 Å². The SMILES string of the molecule is Cc1cccc(C2[C@@H](C(=O)c3ccccc3)CN(CCO)C[C@H]2C(=O)c2ccccc2)c1C. The maximum atomic E-state index is 13.8. The fraction of sp³-hybridized carbons (Fsp3) is 0.310. The first-order valence-corrected chi connectivity index (χ1v) is 11.6. The van der Waals surface area contributed by atoms with Crippen LogP contribution in [0, 0.1) is 25.7 Å². The molecule has 3 aromatic rings. The van der Waals surface area contributed by atoms with Crippen molar-refractivity contribution in [2.45, 2.75) is 19.8 Å². The molecule has 0 bridgehead atoms. The second-order valence-electron chi connectivity index (χ2n) is 8.97. The molecule has 1 N–H and O–H groups in total. The van der Waals surface area contributed by atoms with Crippen molar-refractivity contribution < 1.29 is 14.7 Å². The highest BCUT2D eigenvalue weighted by atomic mass is 16.3. The summed E-state index contributed by atoms with van der Waals surface area (Å²) in [7, 11) is 0. The third-order valence-electron chi connectivity index (χ3n) is 6.99. The first-order valence-electron chi connectivity index (χ1n) is 11.6. The molecule has 0 spiro atoms. The lowest BCUT2D eigenvalue weighted by atomic mass is 9.67. The minimum absolute atomic E-state index is 0.00731. The highest BCUT2D eigenvalue weighted by Crippen LogP contribution is 2.42. The van der Waals surface area contributed by atoms with Crippen LogP contribution in [0.4, 0.5) is 0 Å². The summed E-state index contributed by atoms with van der Waals surface area (Å²) in [5.74, 6) is -0.901. The Morgan fingerprint density at radius 1 is 0.788 bits per heavy atom. The summed E-state index contributed by atoms with van der Waals surface area (Å²) in [5, 5.41) is 9.65. The Labute approximate surface area is 195 Å². The molecule has 1 saturated heterocycles. The van der Waals surface area contributed by atoms with E-state index in [9.17, 15) is 14.7 Å². The number of hydrogen-bond acceptors (Lipinski definition) is 4. The van der Waals surface area contributed by atoms with Crippen LogP contribution in [0.5, 0.6) is 0 Å². The number of nitrogens with zero attached hydrogens (tertiary/aromatic N) is 1. The summed E-state index contributed by atoms with van der Waals surface area (Å²) in [5.41, 5.74) is 4.68. The van der Waals surface area contributed by atoms with E-state index in [0.29, 0.717) is 30.8 Å². The van der Waals surface area contributed by atoms with E-state index in [1.807, 2.05) is 66.7 Å². The standard InChI is InChI=1S/C29H31NO3/c1-20-10-9-15-24(21(20)2)27-25(28(32)22-11-5-3-6-12-22)18-30(16-17-31)19-26(27)29(33)23-13-7-4-8-14-23/h3-15,25-27,31H,16-19H2,1-2H3/t25-,26+,27?. The molecule has 33 heavy (non-hydrogen) atoms. The van der Waals surface area contributed by atoms with Gasteiger partial charge in [0.05, 0.1) is 6.61 Å². The molecule has 0 amide bonds. The lowest BCUT2D eigenvalue weighted by molar-refractivity contribution is 0.0529. The van der Waals surface area contributed by atoms with Gasteiger partial charge in [0.2, 0.25) is 0 Å². The van der Waals surface area contributed by atoms with E-state index in [1.165, 1.54) is 0 Å². The van der Waals surface area contributed by atoms with Crippen LogP contribution in [0.1, 0.15) is 43.3 Å². The largest absolute Gasteiger partial charge is 0.395 e. The van der Waals surface area contributed by atoms with Gasteiger partial charge in [0.1, 0.15) is 0 Å². The number of aliphatic hydroxyl groups excluding tert-OH is 1. The van der Waals surface area contributed by atoms with Crippen molar-refractivity contribution in [3.8, 4) is 0 Å². The van der Waals surface area contributed by atoms with Gasteiger partial charge in [-0.3, -0.25) is 14.5 Å². The predicted molar refractivity (Wildman–Crippen MR) is 131 cm³/mol. The van der Waals surface area contributed by atoms with Gasteiger partial charge in [0.15, 0.2) is 11.6 Å². The molecule has 1 unspecified atom stereocenters. The van der Waals surface area contributed by atoms with Gasteiger partial charge in [-0.1, -0.05) is 78.9 Å². The van der Waals surface area contributed by atoms with Crippen LogP contribution in [0.3, 0.4) is 0 Å². The zero-order chi connectivity index (χ0) is 23.4. The number of piperidine rings is 1. The molecule has 0 saturated carbocycles. The molecule has 3 aromatic carbocycles. The monoisotopic (exact) mass is 441 g/mol. The van der Waals surface area contributed by atoms with E-state index in [-0.39, 0.29) is 35.9 Å². The molecule has 4 rings (SSSR count). The highest BCUT2D eigenvalue weighted by Gasteiger charge is 2.45. The number of rotatable bonds is 7. The summed E-state index contributed by atoms with van der Waals surface area (Å²) < 4.78 is 0. The van der Waals surface area contributed by atoms with Gasteiger partial charge in [-0.2, -0.15) is 0 Å². The number of aliphatic hydroxyl groups is 1. The van der Waals surface area contributed by atoms with Crippen molar-refractivity contribution >= 4 is 11.6 Å². The van der Waals surface area contributed by atoms with E-state index < -0.39 is 0 Å². The Morgan fingerprint density at radius 2 is 1.30 bits per heavy atom. The minimum Gasteiger partial charge on any atom is -0.395 e. The Morgan fingerprint density at radius 3 is 1.79 bits per heavy atom. The number of likely N-dealkylation sites (tertiary alicyclic amines) is 1. The van der Waals surface area contributed by atoms with Crippen molar-refractivity contribution in [2.24, 2.45) is 11.8 Å². The fourth-order valence-corrected chi connectivity index (χ4v) is 5.16. The topological polar surface area (TPSA) is 57.6 Å². The Bertz CT molecular complexity index is 1050. The number of aryl methyl sites for hydroxylation is 1. The van der Waals surface area contributed by atoms with Gasteiger partial charge in [0.25, 0.3) is 0 Å².